The third kappa shape index (κ3) is 3.00. The van der Waals surface area contributed by atoms with Crippen LogP contribution in [-0.2, 0) is 14.1 Å². The Kier molecular flexibility index (Phi) is 5.45. The zero-order valence-electron chi connectivity index (χ0n) is 19.0. The molecule has 0 amide bonds. The molecule has 4 aliphatic carbocycles. The molecule has 3 fully saturated rings. The number of alkyl halides is 1. The van der Waals surface area contributed by atoms with Crippen LogP contribution in [0.2, 0.25) is 0 Å². The first-order valence-electron chi connectivity index (χ1n) is 11.3. The van der Waals surface area contributed by atoms with Gasteiger partial charge in [-0.3, -0.25) is 4.79 Å². The molecule has 0 aliphatic heterocycles. The van der Waals surface area contributed by atoms with Crippen molar-refractivity contribution < 1.29 is 38.5 Å². The molecular weight excluding hydrogens is 438 g/mol. The summed E-state index contributed by atoms with van der Waals surface area (Å²) in [5.74, 6) is -2.39. The van der Waals surface area contributed by atoms with E-state index >= 15 is 4.39 Å². The van der Waals surface area contributed by atoms with Gasteiger partial charge in [0.2, 0.25) is 0 Å². The minimum absolute atomic E-state index is 0.130. The number of ketones is 2. The van der Waals surface area contributed by atoms with E-state index in [0.29, 0.717) is 24.8 Å². The Balaban J connectivity index is 1.73. The molecule has 9 heteroatoms. The fourth-order valence-electron chi connectivity index (χ4n) is 7.45. The second-order valence-electron chi connectivity index (χ2n) is 10.8. The van der Waals surface area contributed by atoms with Crippen LogP contribution in [0.4, 0.5) is 4.39 Å². The van der Waals surface area contributed by atoms with Crippen LogP contribution in [0.5, 0.6) is 0 Å². The SMILES string of the molecule is C[C@@H]1CC2C3CCC4=CC(=O)C=CC4(C)[C@@]3(F)C(O)CC2(C)[C@@]1(O)C(=O)CO[PH](C)(O)O. The van der Waals surface area contributed by atoms with Gasteiger partial charge in [-0.05, 0) is 0 Å². The first-order valence-corrected chi connectivity index (χ1v) is 13.6. The van der Waals surface area contributed by atoms with Crippen LogP contribution in [0.15, 0.2) is 23.8 Å². The van der Waals surface area contributed by atoms with E-state index in [1.807, 2.05) is 0 Å². The molecule has 0 radical (unpaired) electrons. The molecule has 8 atom stereocenters. The zero-order chi connectivity index (χ0) is 23.9. The van der Waals surface area contributed by atoms with E-state index in [9.17, 15) is 29.6 Å². The quantitative estimate of drug-likeness (QED) is 0.462. The number of halogens is 1. The molecule has 180 valence electrons. The average molecular weight is 472 g/mol. The Morgan fingerprint density at radius 1 is 1.31 bits per heavy atom. The monoisotopic (exact) mass is 472 g/mol. The van der Waals surface area contributed by atoms with E-state index in [0.717, 1.165) is 6.66 Å². The summed E-state index contributed by atoms with van der Waals surface area (Å²) in [5.41, 5.74) is -5.50. The van der Waals surface area contributed by atoms with Gasteiger partial charge >= 0.3 is 183 Å². The number of hydrogen-bond acceptors (Lipinski definition) is 7. The third-order valence-electron chi connectivity index (χ3n) is 9.12. The molecule has 7 nitrogen and oxygen atoms in total. The molecule has 4 rings (SSSR count). The van der Waals surface area contributed by atoms with Gasteiger partial charge in [0, 0.05) is 0 Å². The molecule has 0 bridgehead atoms. The number of carbonyl (C=O) groups excluding carboxylic acids is 2. The molecule has 32 heavy (non-hydrogen) atoms. The second-order valence-corrected chi connectivity index (χ2v) is 13.0. The summed E-state index contributed by atoms with van der Waals surface area (Å²) in [6, 6.07) is 0. The molecule has 3 saturated carbocycles. The molecule has 4 aliphatic rings. The van der Waals surface area contributed by atoms with Gasteiger partial charge in [-0.1, -0.05) is 0 Å². The fraction of sp³-hybridized carbons (Fsp3) is 0.739. The number of fused-ring (bicyclic) bond motifs is 5. The normalized spacial score (nSPS) is 48.5. The first-order chi connectivity index (χ1) is 14.6. The average Bonchev–Trinajstić information content (AvgIpc) is 2.89. The summed E-state index contributed by atoms with van der Waals surface area (Å²) in [4.78, 5) is 44.2. The van der Waals surface area contributed by atoms with Gasteiger partial charge in [-0.2, -0.15) is 0 Å². The van der Waals surface area contributed by atoms with Crippen molar-refractivity contribution in [2.24, 2.45) is 28.6 Å². The van der Waals surface area contributed by atoms with Crippen molar-refractivity contribution in [3.05, 3.63) is 23.8 Å². The predicted octanol–water partition coefficient (Wildman–Crippen LogP) is 2.03. The fourth-order valence-corrected chi connectivity index (χ4v) is 7.86. The Hall–Kier alpha value is -1.02. The van der Waals surface area contributed by atoms with Gasteiger partial charge in [-0.15, -0.1) is 0 Å². The van der Waals surface area contributed by atoms with Crippen LogP contribution in [0.3, 0.4) is 0 Å². The van der Waals surface area contributed by atoms with E-state index < -0.39 is 60.4 Å². The Labute approximate surface area is 187 Å². The number of allylic oxidation sites excluding steroid dienone is 4. The van der Waals surface area contributed by atoms with Crippen LogP contribution < -0.4 is 0 Å². The van der Waals surface area contributed by atoms with Crippen molar-refractivity contribution in [1.82, 2.24) is 0 Å². The van der Waals surface area contributed by atoms with E-state index in [-0.39, 0.29) is 18.1 Å². The molecule has 0 aromatic carbocycles. The Morgan fingerprint density at radius 2 is 1.97 bits per heavy atom. The standard InChI is InChI=1S/C23H34FO7P/c1-13-9-17-16-6-5-14-10-15(25)7-8-20(14,2)22(16,24)18(26)11-21(17,3)23(13,28)19(27)12-31-32(4,29)30/h7-8,10,13,16-18,26,28-30,32H,5-6,9,11-12H2,1-4H3/t13-,16?,17?,18?,20?,21?,22+,23+/m1/s1. The van der Waals surface area contributed by atoms with Crippen molar-refractivity contribution in [3.63, 3.8) is 0 Å². The third-order valence-corrected chi connectivity index (χ3v) is 9.82. The van der Waals surface area contributed by atoms with E-state index in [4.69, 9.17) is 4.52 Å². The summed E-state index contributed by atoms with van der Waals surface area (Å²) in [5, 5.41) is 23.0. The van der Waals surface area contributed by atoms with Crippen molar-refractivity contribution >= 4 is 19.5 Å². The van der Waals surface area contributed by atoms with Crippen molar-refractivity contribution in [2.75, 3.05) is 13.3 Å². The Morgan fingerprint density at radius 3 is 2.59 bits per heavy atom. The number of Topliss-reactive ketones (excluding diaryl/α,β-unsaturated/α-hetero) is 1. The van der Waals surface area contributed by atoms with Crippen LogP contribution in [-0.4, -0.2) is 62.2 Å². The van der Waals surface area contributed by atoms with Crippen molar-refractivity contribution in [2.45, 2.75) is 63.8 Å². The summed E-state index contributed by atoms with van der Waals surface area (Å²) in [6.45, 7) is 5.62. The first kappa shape index (κ1) is 24.1. The van der Waals surface area contributed by atoms with Crippen LogP contribution in [0.25, 0.3) is 0 Å². The van der Waals surface area contributed by atoms with Gasteiger partial charge in [-0.25, -0.2) is 0 Å². The molecule has 0 spiro atoms. The van der Waals surface area contributed by atoms with Gasteiger partial charge in [0.15, 0.2) is 0 Å². The second kappa shape index (κ2) is 7.24. The summed E-state index contributed by atoms with van der Waals surface area (Å²) >= 11 is 0. The number of rotatable bonds is 4. The maximum atomic E-state index is 17.0. The molecule has 5 unspecified atom stereocenters. The molecule has 0 aromatic heterocycles. The number of aliphatic hydroxyl groups excluding tert-OH is 1. The van der Waals surface area contributed by atoms with Gasteiger partial charge in [0.1, 0.15) is 0 Å². The zero-order valence-corrected chi connectivity index (χ0v) is 20.0. The molecule has 0 aromatic rings. The predicted molar refractivity (Wildman–Crippen MR) is 117 cm³/mol. The van der Waals surface area contributed by atoms with E-state index in [1.54, 1.807) is 26.8 Å². The minimum atomic E-state index is -3.97. The molecule has 4 N–H and O–H groups in total. The van der Waals surface area contributed by atoms with Gasteiger partial charge in [0.05, 0.1) is 0 Å². The van der Waals surface area contributed by atoms with E-state index in [1.165, 1.54) is 12.2 Å². The molecular formula is C23H34FO7P. The maximum absolute atomic E-state index is 17.0. The number of carbonyl (C=O) groups is 2. The number of aliphatic hydroxyl groups is 2. The van der Waals surface area contributed by atoms with Gasteiger partial charge < -0.3 is 0 Å². The summed E-state index contributed by atoms with van der Waals surface area (Å²) < 4.78 is 22.0. The summed E-state index contributed by atoms with van der Waals surface area (Å²) in [7, 11) is -3.97. The Bertz CT molecular complexity index is 913. The molecule has 0 heterocycles. The van der Waals surface area contributed by atoms with E-state index in [2.05, 4.69) is 0 Å². The molecule has 0 saturated heterocycles. The topological polar surface area (TPSA) is 124 Å². The summed E-state index contributed by atoms with van der Waals surface area (Å²) in [6.07, 6.45) is 4.11. The van der Waals surface area contributed by atoms with Crippen molar-refractivity contribution in [1.29, 1.82) is 0 Å². The van der Waals surface area contributed by atoms with Crippen molar-refractivity contribution in [3.8, 4) is 0 Å². The van der Waals surface area contributed by atoms with Crippen LogP contribution in [0.1, 0.15) is 46.5 Å². The van der Waals surface area contributed by atoms with Crippen LogP contribution >= 0.6 is 7.94 Å². The van der Waals surface area contributed by atoms with Crippen LogP contribution in [0, 0.1) is 28.6 Å². The van der Waals surface area contributed by atoms with Gasteiger partial charge in [0.25, 0.3) is 0 Å². The number of hydrogen-bond donors (Lipinski definition) is 4.